The van der Waals surface area contributed by atoms with E-state index in [2.05, 4.69) is 10.6 Å². The van der Waals surface area contributed by atoms with E-state index in [0.717, 1.165) is 11.4 Å². The molecule has 6 heteroatoms. The summed E-state index contributed by atoms with van der Waals surface area (Å²) in [5.74, 6) is 0.274. The van der Waals surface area contributed by atoms with Gasteiger partial charge in [0.2, 0.25) is 0 Å². The maximum Gasteiger partial charge on any atom is 0.255 e. The van der Waals surface area contributed by atoms with E-state index in [1.807, 2.05) is 41.2 Å². The number of ether oxygens (including phenoxy) is 1. The predicted molar refractivity (Wildman–Crippen MR) is 121 cm³/mol. The van der Waals surface area contributed by atoms with Crippen molar-refractivity contribution in [1.29, 1.82) is 0 Å². The number of anilines is 2. The van der Waals surface area contributed by atoms with Crippen LogP contribution in [0.3, 0.4) is 0 Å². The first kappa shape index (κ1) is 20.0. The average molecular weight is 411 g/mol. The number of nitrogens with zero attached hydrogens (tertiary/aromatic N) is 1. The normalized spacial score (nSPS) is 10.4. The first-order valence-electron chi connectivity index (χ1n) is 9.72. The van der Waals surface area contributed by atoms with Gasteiger partial charge in [0.25, 0.3) is 11.8 Å². The maximum absolute atomic E-state index is 12.5. The Morgan fingerprint density at radius 3 is 1.61 bits per heavy atom. The van der Waals surface area contributed by atoms with Crippen LogP contribution in [0.4, 0.5) is 11.4 Å². The number of carbonyl (C=O) groups excluding carboxylic acids is 2. The third-order valence-electron chi connectivity index (χ3n) is 4.78. The van der Waals surface area contributed by atoms with E-state index in [-0.39, 0.29) is 11.8 Å². The summed E-state index contributed by atoms with van der Waals surface area (Å²) in [6, 6.07) is 25.1. The van der Waals surface area contributed by atoms with Crippen molar-refractivity contribution in [3.05, 3.63) is 108 Å². The third-order valence-corrected chi connectivity index (χ3v) is 4.78. The van der Waals surface area contributed by atoms with Gasteiger partial charge in [-0.1, -0.05) is 0 Å². The zero-order chi connectivity index (χ0) is 21.6. The van der Waals surface area contributed by atoms with Crippen LogP contribution in [0.15, 0.2) is 97.3 Å². The van der Waals surface area contributed by atoms with Gasteiger partial charge < -0.3 is 19.9 Å². The topological polar surface area (TPSA) is 72.4 Å². The highest BCUT2D eigenvalue weighted by atomic mass is 16.5. The van der Waals surface area contributed by atoms with Gasteiger partial charge in [-0.05, 0) is 84.9 Å². The summed E-state index contributed by atoms with van der Waals surface area (Å²) in [5, 5.41) is 5.68. The minimum absolute atomic E-state index is 0.213. The minimum Gasteiger partial charge on any atom is -0.497 e. The molecular formula is C25H21N3O3. The van der Waals surface area contributed by atoms with Crippen LogP contribution in [-0.2, 0) is 0 Å². The molecule has 2 amide bonds. The molecule has 0 spiro atoms. The van der Waals surface area contributed by atoms with Crippen LogP contribution in [0.1, 0.15) is 20.7 Å². The standard InChI is InChI=1S/C25H21N3O3/c1-31-23-14-10-21(11-15-23)27-24(29)18-4-8-20(9-5-18)26-25(30)19-6-12-22(13-7-19)28-16-2-3-17-28/h2-17H,1H3,(H,26,30)(H,27,29). The second kappa shape index (κ2) is 9.00. The molecule has 0 aliphatic rings. The molecule has 4 rings (SSSR count). The lowest BCUT2D eigenvalue weighted by Crippen LogP contribution is -2.13. The first-order chi connectivity index (χ1) is 15.1. The molecule has 154 valence electrons. The number of methoxy groups -OCH3 is 1. The van der Waals surface area contributed by atoms with Gasteiger partial charge >= 0.3 is 0 Å². The molecule has 31 heavy (non-hydrogen) atoms. The van der Waals surface area contributed by atoms with Crippen molar-refractivity contribution in [2.45, 2.75) is 0 Å². The van der Waals surface area contributed by atoms with E-state index in [0.29, 0.717) is 22.5 Å². The van der Waals surface area contributed by atoms with Crippen LogP contribution in [-0.4, -0.2) is 23.5 Å². The minimum atomic E-state index is -0.233. The summed E-state index contributed by atoms with van der Waals surface area (Å²) in [7, 11) is 1.59. The summed E-state index contributed by atoms with van der Waals surface area (Å²) in [6.45, 7) is 0. The molecule has 0 fully saturated rings. The number of nitrogens with one attached hydrogen (secondary N) is 2. The first-order valence-corrected chi connectivity index (χ1v) is 9.72. The fraction of sp³-hybridized carbons (Fsp3) is 0.0400. The molecule has 0 saturated heterocycles. The van der Waals surface area contributed by atoms with E-state index >= 15 is 0 Å². The number of hydrogen-bond acceptors (Lipinski definition) is 3. The van der Waals surface area contributed by atoms with Crippen molar-refractivity contribution < 1.29 is 14.3 Å². The van der Waals surface area contributed by atoms with Crippen LogP contribution in [0, 0.1) is 0 Å². The number of aromatic nitrogens is 1. The Hall–Kier alpha value is -4.32. The van der Waals surface area contributed by atoms with Gasteiger partial charge in [0.15, 0.2) is 0 Å². The SMILES string of the molecule is COc1ccc(NC(=O)c2ccc(NC(=O)c3ccc(-n4cccc4)cc3)cc2)cc1. The van der Waals surface area contributed by atoms with E-state index in [1.54, 1.807) is 67.8 Å². The number of amides is 2. The molecule has 0 unspecified atom stereocenters. The van der Waals surface area contributed by atoms with Crippen LogP contribution < -0.4 is 15.4 Å². The molecular weight excluding hydrogens is 390 g/mol. The monoisotopic (exact) mass is 411 g/mol. The smallest absolute Gasteiger partial charge is 0.255 e. The molecule has 3 aromatic carbocycles. The fourth-order valence-corrected chi connectivity index (χ4v) is 3.08. The molecule has 0 atom stereocenters. The number of hydrogen-bond donors (Lipinski definition) is 2. The van der Waals surface area contributed by atoms with Crippen LogP contribution in [0.25, 0.3) is 5.69 Å². The molecule has 0 saturated carbocycles. The van der Waals surface area contributed by atoms with Gasteiger partial charge in [-0.2, -0.15) is 0 Å². The Balaban J connectivity index is 1.37. The Morgan fingerprint density at radius 1 is 0.677 bits per heavy atom. The molecule has 6 nitrogen and oxygen atoms in total. The molecule has 0 bridgehead atoms. The lowest BCUT2D eigenvalue weighted by atomic mass is 10.1. The molecule has 0 aliphatic heterocycles. The summed E-state index contributed by atoms with van der Waals surface area (Å²) < 4.78 is 7.08. The molecule has 2 N–H and O–H groups in total. The molecule has 1 aromatic heterocycles. The van der Waals surface area contributed by atoms with Gasteiger partial charge in [0.05, 0.1) is 7.11 Å². The number of rotatable bonds is 6. The lowest BCUT2D eigenvalue weighted by molar-refractivity contribution is 0.102. The van der Waals surface area contributed by atoms with Gasteiger partial charge in [0.1, 0.15) is 5.75 Å². The number of carbonyl (C=O) groups is 2. The Labute approximate surface area is 180 Å². The van der Waals surface area contributed by atoms with Crippen molar-refractivity contribution >= 4 is 23.2 Å². The zero-order valence-electron chi connectivity index (χ0n) is 16.9. The second-order valence-electron chi connectivity index (χ2n) is 6.85. The van der Waals surface area contributed by atoms with Crippen molar-refractivity contribution in [3.8, 4) is 11.4 Å². The summed E-state index contributed by atoms with van der Waals surface area (Å²) in [5.41, 5.74) is 3.31. The van der Waals surface area contributed by atoms with Gasteiger partial charge in [-0.25, -0.2) is 0 Å². The van der Waals surface area contributed by atoms with E-state index in [1.165, 1.54) is 0 Å². The van der Waals surface area contributed by atoms with E-state index in [4.69, 9.17) is 4.74 Å². The Bertz CT molecular complexity index is 1160. The second-order valence-corrected chi connectivity index (χ2v) is 6.85. The van der Waals surface area contributed by atoms with Crippen LogP contribution in [0.5, 0.6) is 5.75 Å². The molecule has 0 radical (unpaired) electrons. The van der Waals surface area contributed by atoms with Crippen LogP contribution >= 0.6 is 0 Å². The van der Waals surface area contributed by atoms with Crippen LogP contribution in [0.2, 0.25) is 0 Å². The van der Waals surface area contributed by atoms with Crippen molar-refractivity contribution in [2.75, 3.05) is 17.7 Å². The van der Waals surface area contributed by atoms with Gasteiger partial charge in [-0.15, -0.1) is 0 Å². The van der Waals surface area contributed by atoms with E-state index < -0.39 is 0 Å². The number of benzene rings is 3. The molecule has 0 aliphatic carbocycles. The van der Waals surface area contributed by atoms with E-state index in [9.17, 15) is 9.59 Å². The highest BCUT2D eigenvalue weighted by Gasteiger charge is 2.09. The molecule has 4 aromatic rings. The van der Waals surface area contributed by atoms with Gasteiger partial charge in [0, 0.05) is 40.6 Å². The highest BCUT2D eigenvalue weighted by Crippen LogP contribution is 2.17. The average Bonchev–Trinajstić information content (AvgIpc) is 3.35. The zero-order valence-corrected chi connectivity index (χ0v) is 16.9. The predicted octanol–water partition coefficient (Wildman–Crippen LogP) is 4.99. The summed E-state index contributed by atoms with van der Waals surface area (Å²) in [4.78, 5) is 24.9. The fourth-order valence-electron chi connectivity index (χ4n) is 3.08. The highest BCUT2D eigenvalue weighted by molar-refractivity contribution is 6.06. The van der Waals surface area contributed by atoms with Crippen molar-refractivity contribution in [2.24, 2.45) is 0 Å². The Kier molecular flexibility index (Phi) is 5.80. The van der Waals surface area contributed by atoms with Crippen molar-refractivity contribution in [1.82, 2.24) is 4.57 Å². The van der Waals surface area contributed by atoms with Gasteiger partial charge in [-0.3, -0.25) is 9.59 Å². The largest absolute Gasteiger partial charge is 0.497 e. The quantitative estimate of drug-likeness (QED) is 0.469. The van der Waals surface area contributed by atoms with Crippen molar-refractivity contribution in [3.63, 3.8) is 0 Å². The Morgan fingerprint density at radius 2 is 1.13 bits per heavy atom. The lowest BCUT2D eigenvalue weighted by Gasteiger charge is -2.09. The third kappa shape index (κ3) is 4.82. The summed E-state index contributed by atoms with van der Waals surface area (Å²) in [6.07, 6.45) is 3.89. The summed E-state index contributed by atoms with van der Waals surface area (Å²) >= 11 is 0. The molecule has 1 heterocycles. The maximum atomic E-state index is 12.5.